The number of methoxy groups -OCH3 is 2. The first-order chi connectivity index (χ1) is 13.4. The molecule has 5 nitrogen and oxygen atoms in total. The Kier molecular flexibility index (Phi) is 6.04. The number of rotatable bonds is 7. The average Bonchev–Trinajstić information content (AvgIpc) is 3.02. The molecule has 0 aliphatic rings. The Hall–Kier alpha value is -2.40. The van der Waals surface area contributed by atoms with Gasteiger partial charge in [-0.2, -0.15) is 0 Å². The molecule has 150 valence electrons. The molecule has 28 heavy (non-hydrogen) atoms. The van der Waals surface area contributed by atoms with E-state index in [1.807, 2.05) is 0 Å². The maximum absolute atomic E-state index is 5.75. The van der Waals surface area contributed by atoms with Gasteiger partial charge in [0.15, 0.2) is 0 Å². The van der Waals surface area contributed by atoms with Gasteiger partial charge >= 0.3 is 0 Å². The van der Waals surface area contributed by atoms with Crippen LogP contribution in [0.5, 0.6) is 5.75 Å². The van der Waals surface area contributed by atoms with E-state index < -0.39 is 0 Å². The van der Waals surface area contributed by atoms with Crippen molar-refractivity contribution in [1.82, 2.24) is 14.5 Å². The van der Waals surface area contributed by atoms with Crippen LogP contribution in [0.3, 0.4) is 0 Å². The van der Waals surface area contributed by atoms with Crippen LogP contribution in [0.2, 0.25) is 0 Å². The van der Waals surface area contributed by atoms with Gasteiger partial charge in [0.25, 0.3) is 0 Å². The van der Waals surface area contributed by atoms with Crippen LogP contribution >= 0.6 is 0 Å². The van der Waals surface area contributed by atoms with Crippen molar-refractivity contribution < 1.29 is 9.47 Å². The van der Waals surface area contributed by atoms with E-state index in [2.05, 4.69) is 63.6 Å². The zero-order valence-corrected chi connectivity index (χ0v) is 18.0. The summed E-state index contributed by atoms with van der Waals surface area (Å²) in [5, 5.41) is 0. The summed E-state index contributed by atoms with van der Waals surface area (Å²) in [7, 11) is 3.43. The van der Waals surface area contributed by atoms with Gasteiger partial charge in [0.1, 0.15) is 11.4 Å². The Labute approximate surface area is 167 Å². The summed E-state index contributed by atoms with van der Waals surface area (Å²) in [6.07, 6.45) is 3.00. The first-order valence-electron chi connectivity index (χ1n) is 9.96. The van der Waals surface area contributed by atoms with E-state index >= 15 is 0 Å². The minimum absolute atomic E-state index is 0.219. The number of nitrogens with zero attached hydrogens (tertiary/aromatic N) is 3. The second-order valence-electron chi connectivity index (χ2n) is 7.67. The molecule has 0 N–H and O–H groups in total. The number of fused-ring (bicyclic) bond motifs is 1. The third kappa shape index (κ3) is 3.63. The molecule has 0 amide bonds. The highest BCUT2D eigenvalue weighted by Crippen LogP contribution is 2.36. The summed E-state index contributed by atoms with van der Waals surface area (Å²) < 4.78 is 13.3. The summed E-state index contributed by atoms with van der Waals surface area (Å²) in [4.78, 5) is 9.92. The van der Waals surface area contributed by atoms with Crippen LogP contribution in [0.15, 0.2) is 24.4 Å². The lowest BCUT2D eigenvalue weighted by Gasteiger charge is -2.16. The SMILES string of the molecule is CCc1nc(C(C)C)ccc1-c1nc2c(C)cn([C@@H](C)COC)c2cc1OC. The number of hydrogen-bond acceptors (Lipinski definition) is 4. The van der Waals surface area contributed by atoms with E-state index in [1.54, 1.807) is 14.2 Å². The molecule has 0 fully saturated rings. The zero-order valence-electron chi connectivity index (χ0n) is 18.0. The van der Waals surface area contributed by atoms with Crippen LogP contribution < -0.4 is 4.74 Å². The van der Waals surface area contributed by atoms with Gasteiger partial charge in [-0.05, 0) is 43.9 Å². The lowest BCUT2D eigenvalue weighted by atomic mass is 10.0. The molecule has 3 aromatic rings. The molecule has 0 spiro atoms. The normalized spacial score (nSPS) is 12.7. The van der Waals surface area contributed by atoms with Gasteiger partial charge in [0.05, 0.1) is 30.8 Å². The van der Waals surface area contributed by atoms with Gasteiger partial charge in [-0.15, -0.1) is 0 Å². The van der Waals surface area contributed by atoms with Crippen molar-refractivity contribution in [2.75, 3.05) is 20.8 Å². The van der Waals surface area contributed by atoms with Gasteiger partial charge in [0.2, 0.25) is 0 Å². The van der Waals surface area contributed by atoms with Crippen molar-refractivity contribution in [3.63, 3.8) is 0 Å². The lowest BCUT2D eigenvalue weighted by molar-refractivity contribution is 0.164. The molecule has 0 saturated heterocycles. The molecular weight excluding hydrogens is 350 g/mol. The Morgan fingerprint density at radius 2 is 1.86 bits per heavy atom. The van der Waals surface area contributed by atoms with Crippen molar-refractivity contribution in [3.8, 4) is 17.0 Å². The fourth-order valence-corrected chi connectivity index (χ4v) is 3.67. The molecule has 0 aliphatic heterocycles. The molecule has 0 radical (unpaired) electrons. The maximum atomic E-state index is 5.75. The Morgan fingerprint density at radius 3 is 2.46 bits per heavy atom. The molecule has 3 heterocycles. The van der Waals surface area contributed by atoms with Crippen LogP contribution in [0.25, 0.3) is 22.3 Å². The molecule has 0 bridgehead atoms. The van der Waals surface area contributed by atoms with Gasteiger partial charge in [-0.3, -0.25) is 4.98 Å². The van der Waals surface area contributed by atoms with Crippen LogP contribution in [0, 0.1) is 6.92 Å². The van der Waals surface area contributed by atoms with Crippen LogP contribution in [0.4, 0.5) is 0 Å². The van der Waals surface area contributed by atoms with Crippen LogP contribution in [-0.4, -0.2) is 35.4 Å². The van der Waals surface area contributed by atoms with E-state index in [9.17, 15) is 0 Å². The molecule has 0 unspecified atom stereocenters. The highest BCUT2D eigenvalue weighted by Gasteiger charge is 2.19. The molecule has 5 heteroatoms. The zero-order chi connectivity index (χ0) is 20.4. The molecule has 0 aliphatic carbocycles. The standard InChI is InChI=1S/C23H31N3O2/c1-8-18-17(9-10-19(24-18)14(2)3)23-21(28-7)11-20-22(25-23)15(4)12-26(20)16(5)13-27-6/h9-12,14,16H,8,13H2,1-7H3/t16-/m0/s1. The third-order valence-electron chi connectivity index (χ3n) is 5.23. The summed E-state index contributed by atoms with van der Waals surface area (Å²) in [6, 6.07) is 6.55. The quantitative estimate of drug-likeness (QED) is 0.556. The predicted molar refractivity (Wildman–Crippen MR) is 114 cm³/mol. The Morgan fingerprint density at radius 1 is 1.11 bits per heavy atom. The molecule has 0 saturated carbocycles. The van der Waals surface area contributed by atoms with Gasteiger partial charge in [0, 0.05) is 36.3 Å². The van der Waals surface area contributed by atoms with Crippen molar-refractivity contribution in [2.24, 2.45) is 0 Å². The third-order valence-corrected chi connectivity index (χ3v) is 5.23. The van der Waals surface area contributed by atoms with E-state index in [0.29, 0.717) is 12.5 Å². The molecule has 1 atom stereocenters. The maximum Gasteiger partial charge on any atom is 0.147 e. The topological polar surface area (TPSA) is 49.2 Å². The smallest absolute Gasteiger partial charge is 0.147 e. The highest BCUT2D eigenvalue weighted by molar-refractivity contribution is 5.86. The van der Waals surface area contributed by atoms with Gasteiger partial charge < -0.3 is 14.0 Å². The van der Waals surface area contributed by atoms with Crippen LogP contribution in [-0.2, 0) is 11.2 Å². The van der Waals surface area contributed by atoms with E-state index in [0.717, 1.165) is 51.4 Å². The second-order valence-corrected chi connectivity index (χ2v) is 7.67. The first-order valence-corrected chi connectivity index (χ1v) is 9.96. The number of pyridine rings is 2. The molecule has 0 aromatic carbocycles. The summed E-state index contributed by atoms with van der Waals surface area (Å²) in [5.74, 6) is 1.17. The number of aromatic nitrogens is 3. The minimum atomic E-state index is 0.219. The summed E-state index contributed by atoms with van der Waals surface area (Å²) >= 11 is 0. The van der Waals surface area contributed by atoms with E-state index in [1.165, 1.54) is 0 Å². The number of aryl methyl sites for hydroxylation is 2. The van der Waals surface area contributed by atoms with Crippen LogP contribution in [0.1, 0.15) is 56.6 Å². The first kappa shape index (κ1) is 20.3. The summed E-state index contributed by atoms with van der Waals surface area (Å²) in [6.45, 7) is 11.4. The Balaban J connectivity index is 2.21. The van der Waals surface area contributed by atoms with Crippen molar-refractivity contribution in [2.45, 2.75) is 53.0 Å². The van der Waals surface area contributed by atoms with Crippen molar-refractivity contribution in [3.05, 3.63) is 41.3 Å². The van der Waals surface area contributed by atoms with E-state index in [4.69, 9.17) is 19.4 Å². The average molecular weight is 382 g/mol. The predicted octanol–water partition coefficient (Wildman–Crippen LogP) is 5.31. The van der Waals surface area contributed by atoms with Crippen molar-refractivity contribution in [1.29, 1.82) is 0 Å². The van der Waals surface area contributed by atoms with Gasteiger partial charge in [-0.1, -0.05) is 20.8 Å². The number of ether oxygens (including phenoxy) is 2. The van der Waals surface area contributed by atoms with Gasteiger partial charge in [-0.25, -0.2) is 4.98 Å². The minimum Gasteiger partial charge on any atom is -0.494 e. The molecule has 3 rings (SSSR count). The Bertz CT molecular complexity index is 976. The monoisotopic (exact) mass is 381 g/mol. The highest BCUT2D eigenvalue weighted by atomic mass is 16.5. The second kappa shape index (κ2) is 8.31. The largest absolute Gasteiger partial charge is 0.494 e. The molecular formula is C23H31N3O2. The molecule has 3 aromatic heterocycles. The summed E-state index contributed by atoms with van der Waals surface area (Å²) in [5.41, 5.74) is 7.27. The number of hydrogen-bond donors (Lipinski definition) is 0. The fraction of sp³-hybridized carbons (Fsp3) is 0.478. The van der Waals surface area contributed by atoms with E-state index in [-0.39, 0.29) is 6.04 Å². The lowest BCUT2D eigenvalue weighted by Crippen LogP contribution is -2.10. The van der Waals surface area contributed by atoms with Crippen molar-refractivity contribution >= 4 is 11.0 Å². The fourth-order valence-electron chi connectivity index (χ4n) is 3.67.